The van der Waals surface area contributed by atoms with Crippen molar-refractivity contribution < 1.29 is 4.79 Å². The van der Waals surface area contributed by atoms with E-state index >= 15 is 0 Å². The molecule has 0 saturated heterocycles. The van der Waals surface area contributed by atoms with Gasteiger partial charge in [-0.25, -0.2) is 0 Å². The predicted molar refractivity (Wildman–Crippen MR) is 61.1 cm³/mol. The van der Waals surface area contributed by atoms with Gasteiger partial charge < -0.3 is 5.41 Å². The van der Waals surface area contributed by atoms with Gasteiger partial charge in [0.15, 0.2) is 5.78 Å². The molecule has 2 nitrogen and oxygen atoms in total. The SMILES string of the molecule is C\C(Cl)=C/C=C(Cl)\C=C(/C)C(=O)C=N. The topological polar surface area (TPSA) is 40.9 Å². The molecule has 0 aliphatic heterocycles. The summed E-state index contributed by atoms with van der Waals surface area (Å²) >= 11 is 11.4. The number of Topliss-reactive ketones (excluding diaryl/α,β-unsaturated/α-hetero) is 1. The fourth-order valence-electron chi connectivity index (χ4n) is 0.634. The Labute approximate surface area is 93.4 Å². The van der Waals surface area contributed by atoms with Gasteiger partial charge in [0.05, 0.1) is 6.21 Å². The molecular formula is C10H11Cl2NO. The molecule has 0 aromatic carbocycles. The van der Waals surface area contributed by atoms with Crippen molar-refractivity contribution in [3.63, 3.8) is 0 Å². The number of ketones is 1. The standard InChI is InChI=1S/C10H11Cl2NO/c1-7(10(14)6-13)5-9(12)4-3-8(2)11/h3-6,13H,1-2H3/b7-5+,8-3+,9-4+,13-6?. The second kappa shape index (κ2) is 6.57. The summed E-state index contributed by atoms with van der Waals surface area (Å²) in [4.78, 5) is 10.9. The summed E-state index contributed by atoms with van der Waals surface area (Å²) in [6.45, 7) is 3.32. The zero-order chi connectivity index (χ0) is 11.1. The van der Waals surface area contributed by atoms with Gasteiger partial charge in [0.1, 0.15) is 0 Å². The zero-order valence-corrected chi connectivity index (χ0v) is 9.49. The van der Waals surface area contributed by atoms with Crippen LogP contribution in [0.15, 0.2) is 33.9 Å². The molecule has 0 radical (unpaired) electrons. The second-order valence-electron chi connectivity index (χ2n) is 2.64. The number of allylic oxidation sites excluding steroid dienone is 6. The van der Waals surface area contributed by atoms with E-state index in [0.717, 1.165) is 6.21 Å². The van der Waals surface area contributed by atoms with Crippen molar-refractivity contribution in [2.75, 3.05) is 0 Å². The third kappa shape index (κ3) is 5.73. The monoisotopic (exact) mass is 231 g/mol. The van der Waals surface area contributed by atoms with Crippen molar-refractivity contribution in [2.45, 2.75) is 13.8 Å². The number of rotatable bonds is 4. The Kier molecular flexibility index (Phi) is 6.17. The average Bonchev–Trinajstić information content (AvgIpc) is 2.13. The van der Waals surface area contributed by atoms with E-state index < -0.39 is 0 Å². The van der Waals surface area contributed by atoms with Crippen LogP contribution in [0.5, 0.6) is 0 Å². The van der Waals surface area contributed by atoms with Crippen molar-refractivity contribution in [3.05, 3.63) is 33.9 Å². The molecule has 4 heteroatoms. The maximum absolute atomic E-state index is 10.9. The summed E-state index contributed by atoms with van der Waals surface area (Å²) in [5.74, 6) is -0.358. The maximum Gasteiger partial charge on any atom is 0.199 e. The molecule has 1 N–H and O–H groups in total. The van der Waals surface area contributed by atoms with Crippen LogP contribution in [-0.4, -0.2) is 12.0 Å². The van der Waals surface area contributed by atoms with E-state index in [0.29, 0.717) is 15.6 Å². The lowest BCUT2D eigenvalue weighted by Gasteiger charge is -1.92. The lowest BCUT2D eigenvalue weighted by atomic mass is 10.2. The van der Waals surface area contributed by atoms with Gasteiger partial charge in [0.2, 0.25) is 0 Å². The molecule has 0 unspecified atom stereocenters. The first-order valence-corrected chi connectivity index (χ1v) is 4.65. The molecule has 76 valence electrons. The van der Waals surface area contributed by atoms with E-state index in [9.17, 15) is 4.79 Å². The van der Waals surface area contributed by atoms with Crippen LogP contribution in [0.3, 0.4) is 0 Å². The number of halogens is 2. The Morgan fingerprint density at radius 2 is 1.79 bits per heavy atom. The highest BCUT2D eigenvalue weighted by Gasteiger charge is 1.99. The largest absolute Gasteiger partial charge is 0.305 e. The smallest absolute Gasteiger partial charge is 0.199 e. The first-order chi connectivity index (χ1) is 6.47. The van der Waals surface area contributed by atoms with E-state index in [-0.39, 0.29) is 5.78 Å². The Morgan fingerprint density at radius 1 is 1.21 bits per heavy atom. The van der Waals surface area contributed by atoms with Crippen molar-refractivity contribution in [1.82, 2.24) is 0 Å². The molecular weight excluding hydrogens is 221 g/mol. The number of carbonyl (C=O) groups is 1. The van der Waals surface area contributed by atoms with E-state index in [1.54, 1.807) is 26.0 Å². The molecule has 0 amide bonds. The van der Waals surface area contributed by atoms with Gasteiger partial charge in [0, 0.05) is 10.1 Å². The first kappa shape index (κ1) is 13.1. The number of hydrogen-bond acceptors (Lipinski definition) is 2. The molecule has 0 atom stereocenters. The fourth-order valence-corrected chi connectivity index (χ4v) is 0.924. The van der Waals surface area contributed by atoms with E-state index in [1.165, 1.54) is 6.08 Å². The van der Waals surface area contributed by atoms with Crippen molar-refractivity contribution in [1.29, 1.82) is 5.41 Å². The summed E-state index contributed by atoms with van der Waals surface area (Å²) in [5, 5.41) is 7.75. The highest BCUT2D eigenvalue weighted by atomic mass is 35.5. The van der Waals surface area contributed by atoms with Crippen LogP contribution in [0.25, 0.3) is 0 Å². The Morgan fingerprint density at radius 3 is 2.21 bits per heavy atom. The minimum absolute atomic E-state index is 0.358. The Hall–Kier alpha value is -0.860. The number of carbonyl (C=O) groups excluding carboxylic acids is 1. The minimum Gasteiger partial charge on any atom is -0.305 e. The van der Waals surface area contributed by atoms with Crippen molar-refractivity contribution in [3.8, 4) is 0 Å². The quantitative estimate of drug-likeness (QED) is 0.450. The normalized spacial score (nSPS) is 14.1. The van der Waals surface area contributed by atoms with Crippen LogP contribution in [0.1, 0.15) is 13.8 Å². The summed E-state index contributed by atoms with van der Waals surface area (Å²) < 4.78 is 0. The third-order valence-corrected chi connectivity index (χ3v) is 1.71. The lowest BCUT2D eigenvalue weighted by Crippen LogP contribution is -1.99. The second-order valence-corrected chi connectivity index (χ2v) is 3.67. The van der Waals surface area contributed by atoms with Crippen molar-refractivity contribution in [2.24, 2.45) is 0 Å². The molecule has 14 heavy (non-hydrogen) atoms. The minimum atomic E-state index is -0.358. The molecule has 0 saturated carbocycles. The van der Waals surface area contributed by atoms with Crippen LogP contribution < -0.4 is 0 Å². The zero-order valence-electron chi connectivity index (χ0n) is 7.97. The van der Waals surface area contributed by atoms with E-state index in [1.807, 2.05) is 0 Å². The Balaban J connectivity index is 4.66. The van der Waals surface area contributed by atoms with Crippen molar-refractivity contribution >= 4 is 35.2 Å². The molecule has 0 fully saturated rings. The third-order valence-electron chi connectivity index (χ3n) is 1.35. The van der Waals surface area contributed by atoms with Crippen LogP contribution >= 0.6 is 23.2 Å². The number of hydrogen-bond donors (Lipinski definition) is 1. The van der Waals surface area contributed by atoms with Gasteiger partial charge in [-0.3, -0.25) is 4.79 Å². The van der Waals surface area contributed by atoms with Crippen LogP contribution in [0, 0.1) is 5.41 Å². The highest BCUT2D eigenvalue weighted by molar-refractivity contribution is 6.36. The summed E-state index contributed by atoms with van der Waals surface area (Å²) in [6.07, 6.45) is 5.46. The summed E-state index contributed by atoms with van der Waals surface area (Å²) in [6, 6.07) is 0. The van der Waals surface area contributed by atoms with Gasteiger partial charge in [-0.05, 0) is 37.6 Å². The molecule has 0 aromatic heterocycles. The summed E-state index contributed by atoms with van der Waals surface area (Å²) in [5.41, 5.74) is 0.418. The molecule has 0 rings (SSSR count). The first-order valence-electron chi connectivity index (χ1n) is 3.90. The van der Waals surface area contributed by atoms with E-state index in [4.69, 9.17) is 28.6 Å². The predicted octanol–water partition coefficient (Wildman–Crippen LogP) is 3.42. The van der Waals surface area contributed by atoms with Crippen LogP contribution in [0.2, 0.25) is 0 Å². The lowest BCUT2D eigenvalue weighted by molar-refractivity contribution is -0.109. The molecule has 0 aliphatic rings. The van der Waals surface area contributed by atoms with Crippen LogP contribution in [0.4, 0.5) is 0 Å². The maximum atomic E-state index is 10.9. The van der Waals surface area contributed by atoms with Crippen LogP contribution in [-0.2, 0) is 4.79 Å². The van der Waals surface area contributed by atoms with Gasteiger partial charge in [0.25, 0.3) is 0 Å². The number of nitrogens with one attached hydrogen (secondary N) is 1. The van der Waals surface area contributed by atoms with Gasteiger partial charge in [-0.1, -0.05) is 23.2 Å². The van der Waals surface area contributed by atoms with Gasteiger partial charge in [-0.2, -0.15) is 0 Å². The molecule has 0 spiro atoms. The summed E-state index contributed by atoms with van der Waals surface area (Å²) in [7, 11) is 0. The molecule has 0 bridgehead atoms. The van der Waals surface area contributed by atoms with Gasteiger partial charge >= 0.3 is 0 Å². The highest BCUT2D eigenvalue weighted by Crippen LogP contribution is 2.09. The van der Waals surface area contributed by atoms with E-state index in [2.05, 4.69) is 0 Å². The average molecular weight is 232 g/mol. The Bertz CT molecular complexity index is 323. The fraction of sp³-hybridized carbons (Fsp3) is 0.200. The molecule has 0 aromatic rings. The molecule has 0 heterocycles. The molecule has 0 aliphatic carbocycles. The van der Waals surface area contributed by atoms with Gasteiger partial charge in [-0.15, -0.1) is 0 Å².